The van der Waals surface area contributed by atoms with Gasteiger partial charge in [-0.1, -0.05) is 23.7 Å². The number of pyridine rings is 2. The van der Waals surface area contributed by atoms with Crippen molar-refractivity contribution in [2.24, 2.45) is 0 Å². The summed E-state index contributed by atoms with van der Waals surface area (Å²) in [7, 11) is -1.51. The maximum atomic E-state index is 13.4. The molecular weight excluding hydrogens is 899 g/mol. The van der Waals surface area contributed by atoms with Gasteiger partial charge in [-0.3, -0.25) is 0 Å². The van der Waals surface area contributed by atoms with Crippen LogP contribution in [0.15, 0.2) is 121 Å². The molecule has 0 aliphatic carbocycles. The first-order valence-corrected chi connectivity index (χ1v) is 21.2. The summed E-state index contributed by atoms with van der Waals surface area (Å²) in [4.78, 5) is 13.4. The zero-order valence-corrected chi connectivity index (χ0v) is 35.9. The van der Waals surface area contributed by atoms with Gasteiger partial charge in [0.15, 0.2) is 0 Å². The molecule has 0 radical (unpaired) electrons. The average molecular weight is 943 g/mol. The second-order valence-corrected chi connectivity index (χ2v) is 15.4. The Kier molecular flexibility index (Phi) is 16.9. The molecule has 0 bridgehead atoms. The van der Waals surface area contributed by atoms with E-state index < -0.39 is 19.8 Å². The zero-order chi connectivity index (χ0) is 47.3. The molecule has 4 aromatic carbocycles. The first-order chi connectivity index (χ1) is 31.4. The van der Waals surface area contributed by atoms with Crippen LogP contribution in [0.25, 0.3) is 11.3 Å². The Morgan fingerprint density at radius 1 is 0.530 bits per heavy atom. The number of aromatic nitrogens is 2. The van der Waals surface area contributed by atoms with Crippen molar-refractivity contribution < 1.29 is 54.6 Å². The summed E-state index contributed by atoms with van der Waals surface area (Å²) < 4.78 is 107. The first kappa shape index (κ1) is 49.1. The van der Waals surface area contributed by atoms with Gasteiger partial charge >= 0.3 is 19.8 Å². The van der Waals surface area contributed by atoms with Gasteiger partial charge < -0.3 is 40.0 Å². The Morgan fingerprint density at radius 3 is 1.36 bits per heavy atom. The number of nitrogens with zero attached hydrogens (tertiary/aromatic N) is 4. The minimum atomic E-state index is -4.73. The summed E-state index contributed by atoms with van der Waals surface area (Å²) >= 11 is 6.11. The number of alkyl halides is 6. The van der Waals surface area contributed by atoms with Gasteiger partial charge in [0.25, 0.3) is 0 Å². The second-order valence-electron chi connectivity index (χ2n) is 15.1. The number of benzene rings is 4. The number of anilines is 6. The molecule has 348 valence electrons. The SMILES string of the molecule is FC(F)(F)Oc1ccc(Nc2cc(N3CCCCC3)cc(Cl)n2)cc1.Fc1ccc(-c2cc(N3CCCCC3)cc(Nc3ccc(OC(F)(F)F)cc3)n2)cc1.OB(O)c1ccc(F)cc1. The molecule has 0 atom stereocenters. The Balaban J connectivity index is 0.000000183. The van der Waals surface area contributed by atoms with Crippen molar-refractivity contribution in [2.45, 2.75) is 51.2 Å². The fourth-order valence-corrected chi connectivity index (χ4v) is 7.18. The van der Waals surface area contributed by atoms with E-state index in [0.717, 1.165) is 68.8 Å². The van der Waals surface area contributed by atoms with E-state index in [9.17, 15) is 35.1 Å². The largest absolute Gasteiger partial charge is 0.573 e. The third kappa shape index (κ3) is 16.0. The van der Waals surface area contributed by atoms with Crippen molar-refractivity contribution in [3.63, 3.8) is 0 Å². The molecule has 4 heterocycles. The third-order valence-corrected chi connectivity index (χ3v) is 10.3. The normalized spacial score (nSPS) is 13.9. The van der Waals surface area contributed by atoms with Crippen molar-refractivity contribution in [3.8, 4) is 22.8 Å². The van der Waals surface area contributed by atoms with E-state index in [-0.39, 0.29) is 23.1 Å². The molecule has 10 nitrogen and oxygen atoms in total. The number of rotatable bonds is 10. The van der Waals surface area contributed by atoms with Gasteiger partial charge in [-0.25, -0.2) is 18.7 Å². The molecule has 2 aromatic heterocycles. The molecule has 2 fully saturated rings. The predicted molar refractivity (Wildman–Crippen MR) is 240 cm³/mol. The molecule has 20 heteroatoms. The van der Waals surface area contributed by atoms with Gasteiger partial charge in [0, 0.05) is 66.6 Å². The van der Waals surface area contributed by atoms with Crippen LogP contribution in [-0.2, 0) is 0 Å². The van der Waals surface area contributed by atoms with E-state index in [1.807, 2.05) is 24.3 Å². The molecular formula is C46H44BClF8N6O4. The van der Waals surface area contributed by atoms with Crippen LogP contribution in [-0.4, -0.2) is 66.0 Å². The lowest BCUT2D eigenvalue weighted by molar-refractivity contribution is -0.275. The molecule has 2 aliphatic rings. The molecule has 2 aliphatic heterocycles. The summed E-state index contributed by atoms with van der Waals surface area (Å²) in [5.74, 6) is -0.185. The molecule has 0 amide bonds. The van der Waals surface area contributed by atoms with Gasteiger partial charge in [0.05, 0.1) is 5.69 Å². The van der Waals surface area contributed by atoms with E-state index in [1.165, 1.54) is 97.8 Å². The smallest absolute Gasteiger partial charge is 0.423 e. The Labute approximate surface area is 380 Å². The maximum Gasteiger partial charge on any atom is 0.573 e. The molecule has 4 N–H and O–H groups in total. The highest BCUT2D eigenvalue weighted by Crippen LogP contribution is 2.32. The lowest BCUT2D eigenvalue weighted by Gasteiger charge is -2.29. The Bertz CT molecular complexity index is 2440. The third-order valence-electron chi connectivity index (χ3n) is 10.1. The highest BCUT2D eigenvalue weighted by Gasteiger charge is 2.32. The van der Waals surface area contributed by atoms with Crippen molar-refractivity contribution in [2.75, 3.05) is 46.6 Å². The average Bonchev–Trinajstić information content (AvgIpc) is 3.28. The number of hydrogen-bond acceptors (Lipinski definition) is 10. The Morgan fingerprint density at radius 2 is 0.939 bits per heavy atom. The minimum absolute atomic E-state index is 0.272. The quantitative estimate of drug-likeness (QED) is 0.0601. The molecule has 6 aromatic rings. The summed E-state index contributed by atoms with van der Waals surface area (Å²) in [5.41, 5.74) is 4.89. The first-order valence-electron chi connectivity index (χ1n) is 20.8. The summed E-state index contributed by atoms with van der Waals surface area (Å²) in [6, 6.07) is 29.6. The van der Waals surface area contributed by atoms with E-state index in [4.69, 9.17) is 21.6 Å². The summed E-state index contributed by atoms with van der Waals surface area (Å²) in [5, 5.41) is 23.7. The monoisotopic (exact) mass is 942 g/mol. The molecule has 0 spiro atoms. The maximum absolute atomic E-state index is 13.4. The van der Waals surface area contributed by atoms with Crippen molar-refractivity contribution in [1.82, 2.24) is 9.97 Å². The minimum Gasteiger partial charge on any atom is -0.423 e. The van der Waals surface area contributed by atoms with E-state index in [1.54, 1.807) is 12.1 Å². The van der Waals surface area contributed by atoms with Crippen LogP contribution in [0.5, 0.6) is 11.5 Å². The van der Waals surface area contributed by atoms with Crippen LogP contribution in [0.2, 0.25) is 5.15 Å². The van der Waals surface area contributed by atoms with Crippen molar-refractivity contribution >= 4 is 58.6 Å². The molecule has 66 heavy (non-hydrogen) atoms. The van der Waals surface area contributed by atoms with E-state index in [2.05, 4.69) is 39.9 Å². The standard InChI is InChI=1S/C23H21F4N3O.C17H17ClF3N3O.C6H6BFO2/c24-17-6-4-16(5-7-17)21-14-19(30-12-2-1-3-13-30)15-22(29-21)28-18-8-10-20(11-9-18)31-23(25,26)27;18-15-10-13(24-8-2-1-3-9-24)11-16(23-15)22-12-4-6-14(7-5-12)25-17(19,20)21;8-6-3-1-5(2-4-6)7(9)10/h4-11,14-15H,1-3,12-13H2,(H,28,29);4-7,10-11H,1-3,8-9H2,(H,22,23);1-4,9-10H. The molecule has 2 saturated heterocycles. The predicted octanol–water partition coefficient (Wildman–Crippen LogP) is 11.4. The van der Waals surface area contributed by atoms with Crippen molar-refractivity contribution in [3.05, 3.63) is 138 Å². The summed E-state index contributed by atoms with van der Waals surface area (Å²) in [6.07, 6.45) is -2.51. The van der Waals surface area contributed by atoms with Crippen LogP contribution >= 0.6 is 11.6 Å². The zero-order valence-electron chi connectivity index (χ0n) is 35.1. The number of halogens is 9. The lowest BCUT2D eigenvalue weighted by atomic mass is 9.80. The summed E-state index contributed by atoms with van der Waals surface area (Å²) in [6.45, 7) is 3.83. The van der Waals surface area contributed by atoms with Gasteiger partial charge in [-0.15, -0.1) is 26.3 Å². The highest BCUT2D eigenvalue weighted by atomic mass is 35.5. The van der Waals surface area contributed by atoms with Gasteiger partial charge in [-0.05, 0) is 141 Å². The lowest BCUT2D eigenvalue weighted by Crippen LogP contribution is -2.29. The topological polar surface area (TPSA) is 115 Å². The Hall–Kier alpha value is -6.31. The van der Waals surface area contributed by atoms with Gasteiger partial charge in [0.2, 0.25) is 0 Å². The van der Waals surface area contributed by atoms with Crippen LogP contribution in [0, 0.1) is 11.6 Å². The van der Waals surface area contributed by atoms with E-state index >= 15 is 0 Å². The van der Waals surface area contributed by atoms with Crippen LogP contribution in [0.4, 0.5) is 69.5 Å². The molecule has 0 unspecified atom stereocenters. The van der Waals surface area contributed by atoms with Gasteiger partial charge in [0.1, 0.15) is 39.9 Å². The van der Waals surface area contributed by atoms with Crippen molar-refractivity contribution in [1.29, 1.82) is 0 Å². The second kappa shape index (κ2) is 22.7. The number of ether oxygens (including phenoxy) is 2. The highest BCUT2D eigenvalue weighted by molar-refractivity contribution is 6.58. The van der Waals surface area contributed by atoms with Crippen LogP contribution in [0.1, 0.15) is 38.5 Å². The fraction of sp³-hybridized carbons (Fsp3) is 0.261. The van der Waals surface area contributed by atoms with E-state index in [0.29, 0.717) is 39.3 Å². The fourth-order valence-electron chi connectivity index (χ4n) is 6.98. The molecule has 8 rings (SSSR count). The number of piperidine rings is 2. The van der Waals surface area contributed by atoms with Crippen LogP contribution < -0.4 is 35.4 Å². The molecule has 0 saturated carbocycles. The van der Waals surface area contributed by atoms with Gasteiger partial charge in [-0.2, -0.15) is 0 Å². The number of nitrogens with one attached hydrogen (secondary N) is 2. The number of hydrogen-bond donors (Lipinski definition) is 4. The van der Waals surface area contributed by atoms with Crippen LogP contribution in [0.3, 0.4) is 0 Å².